The van der Waals surface area contributed by atoms with Crippen LogP contribution < -0.4 is 0 Å². The van der Waals surface area contributed by atoms with E-state index in [0.717, 1.165) is 10.4 Å². The number of carbonyl (C=O) groups excluding carboxylic acids is 1. The van der Waals surface area contributed by atoms with E-state index < -0.39 is 6.09 Å². The Morgan fingerprint density at radius 3 is 2.53 bits per heavy atom. The molecule has 0 spiro atoms. The van der Waals surface area contributed by atoms with Gasteiger partial charge in [-0.25, -0.2) is 4.79 Å². The minimum atomic E-state index is -0.865. The van der Waals surface area contributed by atoms with Gasteiger partial charge in [0.25, 0.3) is 0 Å². The van der Waals surface area contributed by atoms with E-state index in [9.17, 15) is 9.59 Å². The average molecular weight is 251 g/mol. The number of hydrogen-bond donors (Lipinski definition) is 1. The normalized spacial score (nSPS) is 30.2. The van der Waals surface area contributed by atoms with Crippen LogP contribution in [0.15, 0.2) is 11.4 Å². The minimum Gasteiger partial charge on any atom is -0.465 e. The summed E-state index contributed by atoms with van der Waals surface area (Å²) in [5.41, 5.74) is 1.12. The van der Waals surface area contributed by atoms with E-state index >= 15 is 0 Å². The zero-order valence-electron chi connectivity index (χ0n) is 9.42. The number of ketones is 1. The molecular formula is C12H13NO3S. The number of likely N-dealkylation sites (tertiary alicyclic amines) is 1. The predicted molar refractivity (Wildman–Crippen MR) is 63.5 cm³/mol. The van der Waals surface area contributed by atoms with Gasteiger partial charge in [-0.2, -0.15) is 0 Å². The number of thiophene rings is 1. The first kappa shape index (κ1) is 10.8. The first-order chi connectivity index (χ1) is 8.08. The Labute approximate surface area is 103 Å². The fourth-order valence-corrected chi connectivity index (χ4v) is 3.68. The molecule has 3 rings (SSSR count). The van der Waals surface area contributed by atoms with Crippen LogP contribution in [0.1, 0.15) is 15.2 Å². The number of nitrogens with zero attached hydrogens (tertiary/aromatic N) is 1. The van der Waals surface area contributed by atoms with Crippen molar-refractivity contribution in [2.24, 2.45) is 17.8 Å². The Kier molecular flexibility index (Phi) is 2.26. The fraction of sp³-hybridized carbons (Fsp3) is 0.500. The Balaban J connectivity index is 1.67. The number of carboxylic acid groups (broad SMARTS) is 1. The van der Waals surface area contributed by atoms with Crippen LogP contribution in [0.4, 0.5) is 4.79 Å². The molecule has 1 aromatic heterocycles. The van der Waals surface area contributed by atoms with Crippen molar-refractivity contribution in [3.63, 3.8) is 0 Å². The molecule has 2 atom stereocenters. The maximum absolute atomic E-state index is 12.2. The lowest BCUT2D eigenvalue weighted by Crippen LogP contribution is -2.30. The molecule has 1 aromatic rings. The molecule has 0 bridgehead atoms. The van der Waals surface area contributed by atoms with Crippen LogP contribution in [0.25, 0.3) is 0 Å². The second-order valence-corrected chi connectivity index (χ2v) is 5.80. The molecule has 2 fully saturated rings. The summed E-state index contributed by atoms with van der Waals surface area (Å²) in [5, 5.41) is 10.8. The van der Waals surface area contributed by atoms with Gasteiger partial charge in [-0.05, 0) is 35.8 Å². The van der Waals surface area contributed by atoms with Crippen molar-refractivity contribution in [2.75, 3.05) is 13.1 Å². The zero-order chi connectivity index (χ0) is 12.2. The standard InChI is InChI=1S/C12H13NO3S/c1-6-2-9(17-5-6)11(14)10-7-3-13(12(15)16)4-8(7)10/h2,5,7-8,10H,3-4H2,1H3,(H,15,16). The molecule has 2 unspecified atom stereocenters. The van der Waals surface area contributed by atoms with E-state index in [2.05, 4.69) is 0 Å². The predicted octanol–water partition coefficient (Wildman–Crippen LogP) is 2.10. The van der Waals surface area contributed by atoms with Gasteiger partial charge in [0.1, 0.15) is 0 Å². The van der Waals surface area contributed by atoms with Crippen molar-refractivity contribution in [2.45, 2.75) is 6.92 Å². The van der Waals surface area contributed by atoms with Gasteiger partial charge in [0.2, 0.25) is 0 Å². The monoisotopic (exact) mass is 251 g/mol. The minimum absolute atomic E-state index is 0.0728. The van der Waals surface area contributed by atoms with Gasteiger partial charge in [-0.3, -0.25) is 4.79 Å². The van der Waals surface area contributed by atoms with Gasteiger partial charge < -0.3 is 10.0 Å². The lowest BCUT2D eigenvalue weighted by molar-refractivity contribution is 0.0938. The number of aryl methyl sites for hydroxylation is 1. The van der Waals surface area contributed by atoms with E-state index in [1.807, 2.05) is 18.4 Å². The maximum Gasteiger partial charge on any atom is 0.407 e. The van der Waals surface area contributed by atoms with Gasteiger partial charge in [0.05, 0.1) is 4.88 Å². The summed E-state index contributed by atoms with van der Waals surface area (Å²) in [5.74, 6) is 0.814. The summed E-state index contributed by atoms with van der Waals surface area (Å²) < 4.78 is 0. The van der Waals surface area contributed by atoms with E-state index in [1.165, 1.54) is 16.2 Å². The molecule has 0 radical (unpaired) electrons. The summed E-state index contributed by atoms with van der Waals surface area (Å²) in [6, 6.07) is 1.93. The van der Waals surface area contributed by atoms with Gasteiger partial charge in [-0.15, -0.1) is 11.3 Å². The largest absolute Gasteiger partial charge is 0.465 e. The fourth-order valence-electron chi connectivity index (χ4n) is 2.80. The van der Waals surface area contributed by atoms with Gasteiger partial charge in [-0.1, -0.05) is 0 Å². The lowest BCUT2D eigenvalue weighted by Gasteiger charge is -2.14. The summed E-state index contributed by atoms with van der Waals surface area (Å²) >= 11 is 1.49. The summed E-state index contributed by atoms with van der Waals surface area (Å²) in [6.07, 6.45) is -0.865. The Hall–Kier alpha value is -1.36. The third-order valence-electron chi connectivity index (χ3n) is 3.74. The van der Waals surface area contributed by atoms with Crippen molar-refractivity contribution in [1.82, 2.24) is 4.90 Å². The SMILES string of the molecule is Cc1csc(C(=O)C2C3CN(C(=O)O)CC32)c1. The van der Waals surface area contributed by atoms with E-state index in [0.29, 0.717) is 13.1 Å². The number of carbonyl (C=O) groups is 2. The van der Waals surface area contributed by atoms with Crippen molar-refractivity contribution >= 4 is 23.2 Å². The Bertz CT molecular complexity index is 484. The Morgan fingerprint density at radius 2 is 2.06 bits per heavy atom. The first-order valence-electron chi connectivity index (χ1n) is 5.65. The number of fused-ring (bicyclic) bond motifs is 1. The van der Waals surface area contributed by atoms with Crippen molar-refractivity contribution < 1.29 is 14.7 Å². The van der Waals surface area contributed by atoms with Crippen molar-refractivity contribution in [3.05, 3.63) is 21.9 Å². The van der Waals surface area contributed by atoms with E-state index in [-0.39, 0.29) is 23.5 Å². The molecule has 90 valence electrons. The number of rotatable bonds is 2. The van der Waals surface area contributed by atoms with Crippen LogP contribution >= 0.6 is 11.3 Å². The van der Waals surface area contributed by atoms with E-state index in [1.54, 1.807) is 0 Å². The molecule has 1 saturated heterocycles. The van der Waals surface area contributed by atoms with Crippen LogP contribution in [0.2, 0.25) is 0 Å². The molecule has 1 aliphatic heterocycles. The highest BCUT2D eigenvalue weighted by atomic mass is 32.1. The van der Waals surface area contributed by atoms with Crippen LogP contribution in [0.3, 0.4) is 0 Å². The maximum atomic E-state index is 12.2. The Morgan fingerprint density at radius 1 is 1.41 bits per heavy atom. The molecule has 5 heteroatoms. The van der Waals surface area contributed by atoms with E-state index in [4.69, 9.17) is 5.11 Å². The van der Waals surface area contributed by atoms with Crippen LogP contribution in [0, 0.1) is 24.7 Å². The average Bonchev–Trinajstić information content (AvgIpc) is 2.69. The third kappa shape index (κ3) is 1.65. The highest BCUT2D eigenvalue weighted by Gasteiger charge is 2.60. The third-order valence-corrected chi connectivity index (χ3v) is 4.80. The smallest absolute Gasteiger partial charge is 0.407 e. The number of hydrogen-bond acceptors (Lipinski definition) is 3. The molecule has 2 heterocycles. The highest BCUT2D eigenvalue weighted by Crippen LogP contribution is 2.53. The van der Waals surface area contributed by atoms with Gasteiger partial charge in [0.15, 0.2) is 5.78 Å². The second kappa shape index (κ2) is 3.57. The summed E-state index contributed by atoms with van der Waals surface area (Å²) in [7, 11) is 0. The highest BCUT2D eigenvalue weighted by molar-refractivity contribution is 7.12. The number of amides is 1. The second-order valence-electron chi connectivity index (χ2n) is 4.89. The number of piperidine rings is 1. The lowest BCUT2D eigenvalue weighted by atomic mass is 10.1. The summed E-state index contributed by atoms with van der Waals surface area (Å²) in [4.78, 5) is 25.2. The van der Waals surface area contributed by atoms with Crippen molar-refractivity contribution in [1.29, 1.82) is 0 Å². The molecule has 17 heavy (non-hydrogen) atoms. The summed E-state index contributed by atoms with van der Waals surface area (Å²) in [6.45, 7) is 3.04. The van der Waals surface area contributed by atoms with Gasteiger partial charge in [0, 0.05) is 19.0 Å². The molecule has 0 aromatic carbocycles. The zero-order valence-corrected chi connectivity index (χ0v) is 10.2. The first-order valence-corrected chi connectivity index (χ1v) is 6.53. The molecule has 1 aliphatic carbocycles. The van der Waals surface area contributed by atoms with Crippen molar-refractivity contribution in [3.8, 4) is 0 Å². The molecule has 1 N–H and O–H groups in total. The molecule has 1 saturated carbocycles. The van der Waals surface area contributed by atoms with Crippen LogP contribution in [-0.4, -0.2) is 35.0 Å². The topological polar surface area (TPSA) is 57.6 Å². The number of Topliss-reactive ketones (excluding diaryl/α,β-unsaturated/α-hetero) is 1. The van der Waals surface area contributed by atoms with Crippen LogP contribution in [0.5, 0.6) is 0 Å². The molecule has 1 amide bonds. The quantitative estimate of drug-likeness (QED) is 0.819. The molecular weight excluding hydrogens is 238 g/mol. The molecule has 4 nitrogen and oxygen atoms in total. The van der Waals surface area contributed by atoms with Crippen LogP contribution in [-0.2, 0) is 0 Å². The molecule has 2 aliphatic rings. The van der Waals surface area contributed by atoms with Gasteiger partial charge >= 0.3 is 6.09 Å².